The number of hydrogen-bond donors (Lipinski definition) is 0. The fourth-order valence-corrected chi connectivity index (χ4v) is 7.91. The first-order chi connectivity index (χ1) is 29.3. The van der Waals surface area contributed by atoms with Crippen molar-refractivity contribution in [2.75, 3.05) is 4.90 Å². The monoisotopic (exact) mass is 786 g/mol. The third-order valence-corrected chi connectivity index (χ3v) is 10.8. The Morgan fingerprint density at radius 1 is 0.483 bits per heavy atom. The van der Waals surface area contributed by atoms with Gasteiger partial charge in [-0.1, -0.05) is 54.6 Å². The van der Waals surface area contributed by atoms with Gasteiger partial charge in [-0.25, -0.2) is 19.9 Å². The van der Waals surface area contributed by atoms with Gasteiger partial charge in [0.15, 0.2) is 16.9 Å². The molecule has 0 atom stereocenters. The zero-order chi connectivity index (χ0) is 40.4. The lowest BCUT2D eigenvalue weighted by molar-refractivity contribution is -0.137. The highest BCUT2D eigenvalue weighted by Crippen LogP contribution is 2.44. The van der Waals surface area contributed by atoms with Gasteiger partial charge in [-0.3, -0.25) is 4.98 Å². The molecule has 0 spiro atoms. The molecule has 0 fully saturated rings. The van der Waals surface area contributed by atoms with Gasteiger partial charge in [-0.15, -0.1) is 0 Å². The summed E-state index contributed by atoms with van der Waals surface area (Å²) in [6, 6.07) is 50.6. The van der Waals surface area contributed by atoms with Crippen LogP contribution < -0.4 is 4.90 Å². The molecule has 0 aliphatic carbocycles. The van der Waals surface area contributed by atoms with Crippen LogP contribution in [0.15, 0.2) is 181 Å². The molecule has 0 radical (unpaired) electrons. The normalized spacial score (nSPS) is 11.9. The molecule has 0 bridgehead atoms. The predicted octanol–water partition coefficient (Wildman–Crippen LogP) is 13.5. The molecule has 0 amide bonds. The van der Waals surface area contributed by atoms with E-state index in [1.165, 1.54) is 0 Å². The Morgan fingerprint density at radius 2 is 1.03 bits per heavy atom. The summed E-state index contributed by atoms with van der Waals surface area (Å²) in [7, 11) is 0. The van der Waals surface area contributed by atoms with Gasteiger partial charge in [0, 0.05) is 68.5 Å². The standard InChI is InChI=1S/C50H29F3N6O/c51-50(52,53)41-29-56-46-40-7-1-2-8-44(40)60-47(46)45(41)36-10-9-35-28-39(22-15-34(35)27-36)59(37-18-11-30(12-19-37)42-23-16-32-5-3-25-54-48(32)57-42)38-20-13-31(14-21-38)43-24-17-33-6-4-26-55-49(33)58-43/h1-29H. The largest absolute Gasteiger partial charge is 0.454 e. The van der Waals surface area contributed by atoms with Crippen molar-refractivity contribution < 1.29 is 17.6 Å². The maximum absolute atomic E-state index is 14.6. The van der Waals surface area contributed by atoms with Crippen LogP contribution in [-0.2, 0) is 6.18 Å². The van der Waals surface area contributed by atoms with Gasteiger partial charge in [0.05, 0.1) is 17.0 Å². The Morgan fingerprint density at radius 3 is 1.67 bits per heavy atom. The van der Waals surface area contributed by atoms with Gasteiger partial charge in [-0.2, -0.15) is 13.2 Å². The lowest BCUT2D eigenvalue weighted by atomic mass is 9.96. The zero-order valence-corrected chi connectivity index (χ0v) is 31.5. The van der Waals surface area contributed by atoms with E-state index in [0.29, 0.717) is 33.3 Å². The van der Waals surface area contributed by atoms with Crippen LogP contribution in [0.4, 0.5) is 30.2 Å². The number of nitrogens with zero attached hydrogens (tertiary/aromatic N) is 6. The van der Waals surface area contributed by atoms with Crippen molar-refractivity contribution in [2.45, 2.75) is 6.18 Å². The minimum Gasteiger partial charge on any atom is -0.454 e. The smallest absolute Gasteiger partial charge is 0.418 e. The topological polar surface area (TPSA) is 80.8 Å². The number of alkyl halides is 3. The van der Waals surface area contributed by atoms with E-state index in [1.54, 1.807) is 42.7 Å². The molecule has 6 heterocycles. The summed E-state index contributed by atoms with van der Waals surface area (Å²) in [6.07, 6.45) is -0.272. The van der Waals surface area contributed by atoms with Crippen LogP contribution in [0.25, 0.3) is 88.5 Å². The van der Waals surface area contributed by atoms with Gasteiger partial charge in [0.1, 0.15) is 11.1 Å². The van der Waals surface area contributed by atoms with Crippen molar-refractivity contribution in [1.29, 1.82) is 0 Å². The molecule has 11 aromatic rings. The van der Waals surface area contributed by atoms with E-state index >= 15 is 0 Å². The van der Waals surface area contributed by atoms with Crippen LogP contribution in [0, 0.1) is 0 Å². The summed E-state index contributed by atoms with van der Waals surface area (Å²) in [5.41, 5.74) is 7.97. The van der Waals surface area contributed by atoms with E-state index in [4.69, 9.17) is 14.4 Å². The summed E-state index contributed by atoms with van der Waals surface area (Å²) in [4.78, 5) is 24.8. The van der Waals surface area contributed by atoms with Crippen molar-refractivity contribution in [2.24, 2.45) is 0 Å². The number of halogens is 3. The fourth-order valence-electron chi connectivity index (χ4n) is 7.91. The first-order valence-electron chi connectivity index (χ1n) is 19.2. The number of hydrogen-bond acceptors (Lipinski definition) is 7. The minimum atomic E-state index is -4.65. The first-order valence-corrected chi connectivity index (χ1v) is 19.2. The average Bonchev–Trinajstić information content (AvgIpc) is 3.67. The van der Waals surface area contributed by atoms with Crippen molar-refractivity contribution in [3.8, 4) is 33.6 Å². The van der Waals surface area contributed by atoms with Crippen LogP contribution in [0.1, 0.15) is 5.56 Å². The van der Waals surface area contributed by atoms with Crippen molar-refractivity contribution in [3.63, 3.8) is 0 Å². The van der Waals surface area contributed by atoms with Crippen LogP contribution in [-0.4, -0.2) is 24.9 Å². The van der Waals surface area contributed by atoms with Gasteiger partial charge in [-0.05, 0) is 119 Å². The summed E-state index contributed by atoms with van der Waals surface area (Å²) < 4.78 is 49.8. The number of pyridine rings is 5. The maximum Gasteiger partial charge on any atom is 0.418 e. The maximum atomic E-state index is 14.6. The van der Waals surface area contributed by atoms with Crippen LogP contribution in [0.3, 0.4) is 0 Å². The van der Waals surface area contributed by atoms with E-state index in [2.05, 4.69) is 44.1 Å². The molecule has 60 heavy (non-hydrogen) atoms. The molecule has 0 saturated heterocycles. The third kappa shape index (κ3) is 6.13. The second-order valence-corrected chi connectivity index (χ2v) is 14.5. The molecule has 11 rings (SSSR count). The summed E-state index contributed by atoms with van der Waals surface area (Å²) in [5.74, 6) is 0. The Balaban J connectivity index is 1.01. The van der Waals surface area contributed by atoms with E-state index < -0.39 is 11.7 Å². The van der Waals surface area contributed by atoms with Gasteiger partial charge < -0.3 is 9.32 Å². The second kappa shape index (κ2) is 13.8. The molecule has 0 saturated carbocycles. The molecule has 7 nitrogen and oxygen atoms in total. The molecular weight excluding hydrogens is 758 g/mol. The number of para-hydroxylation sites is 1. The highest BCUT2D eigenvalue weighted by molar-refractivity contribution is 6.08. The Labute approximate surface area is 340 Å². The Kier molecular flexibility index (Phi) is 8.12. The molecule has 0 unspecified atom stereocenters. The molecule has 0 N–H and O–H groups in total. The number of aromatic nitrogens is 5. The minimum absolute atomic E-state index is 0.0372. The number of furan rings is 1. The van der Waals surface area contributed by atoms with Gasteiger partial charge >= 0.3 is 6.18 Å². The highest BCUT2D eigenvalue weighted by atomic mass is 19.4. The molecular formula is C50H29F3N6O. The van der Waals surface area contributed by atoms with E-state index in [-0.39, 0.29) is 11.1 Å². The molecule has 5 aromatic carbocycles. The summed E-state index contributed by atoms with van der Waals surface area (Å²) >= 11 is 0. The van der Waals surface area contributed by atoms with Gasteiger partial charge in [0.2, 0.25) is 0 Å². The molecule has 6 aromatic heterocycles. The van der Waals surface area contributed by atoms with Crippen LogP contribution in [0.5, 0.6) is 0 Å². The van der Waals surface area contributed by atoms with E-state index in [9.17, 15) is 13.2 Å². The number of rotatable bonds is 6. The van der Waals surface area contributed by atoms with Crippen molar-refractivity contribution >= 4 is 72.0 Å². The third-order valence-electron chi connectivity index (χ3n) is 10.8. The summed E-state index contributed by atoms with van der Waals surface area (Å²) in [6.45, 7) is 0. The van der Waals surface area contributed by atoms with Crippen LogP contribution >= 0.6 is 0 Å². The number of anilines is 3. The second-order valence-electron chi connectivity index (χ2n) is 14.5. The molecule has 10 heteroatoms. The SMILES string of the molecule is FC(F)(F)c1cnc2c(oc3ccccc32)c1-c1ccc2cc(N(c3ccc(-c4ccc5cccnc5n4)cc3)c3ccc(-c4ccc5cccnc5n4)cc3)ccc2c1. The Bertz CT molecular complexity index is 3320. The lowest BCUT2D eigenvalue weighted by Crippen LogP contribution is -2.10. The van der Waals surface area contributed by atoms with Crippen molar-refractivity contribution in [1.82, 2.24) is 24.9 Å². The van der Waals surface area contributed by atoms with Crippen LogP contribution in [0.2, 0.25) is 0 Å². The highest BCUT2D eigenvalue weighted by Gasteiger charge is 2.36. The molecule has 286 valence electrons. The zero-order valence-electron chi connectivity index (χ0n) is 31.5. The average molecular weight is 787 g/mol. The number of fused-ring (bicyclic) bond motifs is 6. The quantitative estimate of drug-likeness (QED) is 0.166. The summed E-state index contributed by atoms with van der Waals surface area (Å²) in [5, 5.41) is 4.21. The van der Waals surface area contributed by atoms with Crippen molar-refractivity contribution in [3.05, 3.63) is 182 Å². The molecule has 0 aliphatic rings. The van der Waals surface area contributed by atoms with E-state index in [0.717, 1.165) is 67.3 Å². The number of benzene rings is 5. The Hall–Kier alpha value is -7.98. The van der Waals surface area contributed by atoms with Gasteiger partial charge in [0.25, 0.3) is 0 Å². The molecule has 0 aliphatic heterocycles. The predicted molar refractivity (Wildman–Crippen MR) is 231 cm³/mol. The van der Waals surface area contributed by atoms with E-state index in [1.807, 2.05) is 103 Å². The fraction of sp³-hybridized carbons (Fsp3) is 0.0200. The lowest BCUT2D eigenvalue weighted by Gasteiger charge is -2.26. The first kappa shape index (κ1) is 35.2.